The van der Waals surface area contributed by atoms with Crippen LogP contribution in [0, 0.1) is 5.82 Å². The second-order valence-corrected chi connectivity index (χ2v) is 5.19. The summed E-state index contributed by atoms with van der Waals surface area (Å²) in [5.41, 5.74) is 7.10. The van der Waals surface area contributed by atoms with Crippen LogP contribution in [0.3, 0.4) is 0 Å². The first-order valence-electron chi connectivity index (χ1n) is 5.87. The smallest absolute Gasteiger partial charge is 0.137 e. The van der Waals surface area contributed by atoms with E-state index in [4.69, 9.17) is 10.2 Å². The van der Waals surface area contributed by atoms with Crippen LogP contribution in [0.4, 0.5) is 4.39 Å². The van der Waals surface area contributed by atoms with Gasteiger partial charge in [-0.25, -0.2) is 4.39 Å². The number of hydrogen-bond acceptors (Lipinski definition) is 2. The van der Waals surface area contributed by atoms with Gasteiger partial charge in [0, 0.05) is 12.5 Å². The molecule has 1 unspecified atom stereocenters. The summed E-state index contributed by atoms with van der Waals surface area (Å²) in [6, 6.07) is 8.87. The predicted octanol–water partition coefficient (Wildman–Crippen LogP) is 3.68. The molecule has 1 aromatic carbocycles. The summed E-state index contributed by atoms with van der Waals surface area (Å²) in [5.74, 6) is 0.702. The summed E-state index contributed by atoms with van der Waals surface area (Å²) < 4.78 is 18.8. The van der Waals surface area contributed by atoms with E-state index in [1.54, 1.807) is 18.4 Å². The summed E-state index contributed by atoms with van der Waals surface area (Å²) in [6.07, 6.45) is 4.08. The fourth-order valence-electron chi connectivity index (χ4n) is 1.85. The van der Waals surface area contributed by atoms with E-state index in [0.717, 1.165) is 30.6 Å². The molecule has 1 atom stereocenters. The van der Waals surface area contributed by atoms with E-state index in [0.29, 0.717) is 4.47 Å². The van der Waals surface area contributed by atoms with E-state index in [1.165, 1.54) is 6.07 Å². The highest BCUT2D eigenvalue weighted by Gasteiger charge is 2.07. The third kappa shape index (κ3) is 3.68. The van der Waals surface area contributed by atoms with Crippen LogP contribution in [0.25, 0.3) is 0 Å². The zero-order valence-electron chi connectivity index (χ0n) is 9.90. The van der Waals surface area contributed by atoms with Crippen LogP contribution in [0.2, 0.25) is 0 Å². The zero-order chi connectivity index (χ0) is 13.0. The molecule has 1 heterocycles. The normalized spacial score (nSPS) is 12.6. The summed E-state index contributed by atoms with van der Waals surface area (Å²) in [6.45, 7) is 0. The van der Waals surface area contributed by atoms with E-state index in [9.17, 15) is 4.39 Å². The van der Waals surface area contributed by atoms with Gasteiger partial charge in [0.2, 0.25) is 0 Å². The van der Waals surface area contributed by atoms with Gasteiger partial charge in [-0.3, -0.25) is 0 Å². The fraction of sp³-hybridized carbons (Fsp3) is 0.286. The molecule has 4 heteroatoms. The lowest BCUT2D eigenvalue weighted by Gasteiger charge is -2.11. The molecule has 1 aromatic heterocycles. The zero-order valence-corrected chi connectivity index (χ0v) is 11.5. The molecular weight excluding hydrogens is 297 g/mol. The average Bonchev–Trinajstić information content (AvgIpc) is 2.84. The van der Waals surface area contributed by atoms with Crippen molar-refractivity contribution in [1.29, 1.82) is 0 Å². The molecule has 2 N–H and O–H groups in total. The van der Waals surface area contributed by atoms with E-state index in [2.05, 4.69) is 15.9 Å². The van der Waals surface area contributed by atoms with Crippen molar-refractivity contribution in [2.75, 3.05) is 0 Å². The third-order valence-corrected chi connectivity index (χ3v) is 3.43. The predicted molar refractivity (Wildman–Crippen MR) is 72.8 cm³/mol. The first-order valence-corrected chi connectivity index (χ1v) is 6.66. The first kappa shape index (κ1) is 13.3. The van der Waals surface area contributed by atoms with Gasteiger partial charge < -0.3 is 10.2 Å². The van der Waals surface area contributed by atoms with Crippen molar-refractivity contribution in [2.24, 2.45) is 5.73 Å². The molecule has 0 aliphatic heterocycles. The van der Waals surface area contributed by atoms with Gasteiger partial charge in [0.25, 0.3) is 0 Å². The number of benzene rings is 1. The first-order chi connectivity index (χ1) is 8.65. The Labute approximate surface area is 114 Å². The number of nitrogens with two attached hydrogens (primary N) is 1. The lowest BCUT2D eigenvalue weighted by Crippen LogP contribution is -2.23. The highest BCUT2D eigenvalue weighted by atomic mass is 79.9. The number of rotatable bonds is 5. The summed E-state index contributed by atoms with van der Waals surface area (Å²) in [7, 11) is 0. The van der Waals surface area contributed by atoms with E-state index in [-0.39, 0.29) is 11.9 Å². The Morgan fingerprint density at radius 3 is 2.83 bits per heavy atom. The minimum atomic E-state index is -0.247. The molecule has 0 fully saturated rings. The second kappa shape index (κ2) is 6.16. The maximum Gasteiger partial charge on any atom is 0.137 e. The molecule has 2 rings (SSSR count). The van der Waals surface area contributed by atoms with Gasteiger partial charge >= 0.3 is 0 Å². The molecule has 18 heavy (non-hydrogen) atoms. The molecule has 2 nitrogen and oxygen atoms in total. The van der Waals surface area contributed by atoms with E-state index in [1.807, 2.05) is 12.1 Å². The molecule has 0 radical (unpaired) electrons. The molecule has 0 amide bonds. The van der Waals surface area contributed by atoms with Crippen LogP contribution in [-0.2, 0) is 12.8 Å². The molecule has 0 bridgehead atoms. The Bertz CT molecular complexity index is 499. The second-order valence-electron chi connectivity index (χ2n) is 4.33. The van der Waals surface area contributed by atoms with Crippen molar-refractivity contribution in [3.05, 3.63) is 58.2 Å². The molecule has 0 spiro atoms. The minimum absolute atomic E-state index is 0.0486. The minimum Gasteiger partial charge on any atom is -0.469 e. The Balaban J connectivity index is 1.86. The largest absolute Gasteiger partial charge is 0.469 e. The molecule has 96 valence electrons. The van der Waals surface area contributed by atoms with Crippen molar-refractivity contribution in [1.82, 2.24) is 0 Å². The quantitative estimate of drug-likeness (QED) is 0.914. The topological polar surface area (TPSA) is 39.2 Å². The Morgan fingerprint density at radius 1 is 1.33 bits per heavy atom. The van der Waals surface area contributed by atoms with Crippen molar-refractivity contribution in [3.63, 3.8) is 0 Å². The van der Waals surface area contributed by atoms with E-state index < -0.39 is 0 Å². The summed E-state index contributed by atoms with van der Waals surface area (Å²) in [4.78, 5) is 0. The van der Waals surface area contributed by atoms with Gasteiger partial charge in [-0.1, -0.05) is 6.07 Å². The number of halogens is 2. The van der Waals surface area contributed by atoms with Gasteiger partial charge in [0.1, 0.15) is 11.6 Å². The van der Waals surface area contributed by atoms with Gasteiger partial charge in [-0.2, -0.15) is 0 Å². The fourth-order valence-corrected chi connectivity index (χ4v) is 2.28. The number of hydrogen-bond donors (Lipinski definition) is 1. The van der Waals surface area contributed by atoms with Crippen LogP contribution in [0.1, 0.15) is 17.7 Å². The highest BCUT2D eigenvalue weighted by Crippen LogP contribution is 2.18. The highest BCUT2D eigenvalue weighted by molar-refractivity contribution is 9.10. The lowest BCUT2D eigenvalue weighted by atomic mass is 10.0. The lowest BCUT2D eigenvalue weighted by molar-refractivity contribution is 0.484. The van der Waals surface area contributed by atoms with Crippen LogP contribution in [-0.4, -0.2) is 6.04 Å². The summed E-state index contributed by atoms with van der Waals surface area (Å²) >= 11 is 3.18. The van der Waals surface area contributed by atoms with Crippen molar-refractivity contribution in [3.8, 4) is 0 Å². The van der Waals surface area contributed by atoms with Crippen molar-refractivity contribution < 1.29 is 8.81 Å². The van der Waals surface area contributed by atoms with Crippen LogP contribution in [0.5, 0.6) is 0 Å². The van der Waals surface area contributed by atoms with Gasteiger partial charge in [-0.15, -0.1) is 0 Å². The Hall–Kier alpha value is -1.13. The average molecular weight is 312 g/mol. The van der Waals surface area contributed by atoms with Crippen LogP contribution >= 0.6 is 15.9 Å². The van der Waals surface area contributed by atoms with Gasteiger partial charge in [-0.05, 0) is 58.6 Å². The van der Waals surface area contributed by atoms with Crippen molar-refractivity contribution >= 4 is 15.9 Å². The van der Waals surface area contributed by atoms with Gasteiger partial charge in [0.05, 0.1) is 10.7 Å². The molecule has 2 aromatic rings. The molecule has 0 aliphatic rings. The summed E-state index contributed by atoms with van der Waals surface area (Å²) in [5, 5.41) is 0. The Kier molecular flexibility index (Phi) is 4.55. The number of furan rings is 1. The SMILES string of the molecule is NC(CCc1ccco1)Cc1ccc(F)c(Br)c1. The van der Waals surface area contributed by atoms with E-state index >= 15 is 0 Å². The standard InChI is InChI=1S/C14H15BrFNO/c15-13-9-10(3-6-14(13)16)8-11(17)4-5-12-2-1-7-18-12/h1-3,6-7,9,11H,4-5,8,17H2. The van der Waals surface area contributed by atoms with Crippen molar-refractivity contribution in [2.45, 2.75) is 25.3 Å². The maximum absolute atomic E-state index is 13.1. The Morgan fingerprint density at radius 2 is 2.17 bits per heavy atom. The molecule has 0 saturated heterocycles. The molecule has 0 saturated carbocycles. The number of aryl methyl sites for hydroxylation is 1. The van der Waals surface area contributed by atoms with Crippen LogP contribution < -0.4 is 5.73 Å². The van der Waals surface area contributed by atoms with Crippen LogP contribution in [0.15, 0.2) is 45.5 Å². The maximum atomic E-state index is 13.1. The third-order valence-electron chi connectivity index (χ3n) is 2.82. The monoisotopic (exact) mass is 311 g/mol. The molecular formula is C14H15BrFNO. The molecule has 0 aliphatic carbocycles. The van der Waals surface area contributed by atoms with Gasteiger partial charge in [0.15, 0.2) is 0 Å².